The Bertz CT molecular complexity index is 115. The number of halogens is 1. The molecule has 1 saturated heterocycles. The van der Waals surface area contributed by atoms with Crippen LogP contribution in [0.2, 0.25) is 0 Å². The van der Waals surface area contributed by atoms with Crippen LogP contribution in [-0.2, 0) is 4.79 Å². The van der Waals surface area contributed by atoms with E-state index in [1.54, 1.807) is 9.12 Å². The minimum atomic E-state index is -0.0720. The third kappa shape index (κ3) is 5.89. The topological polar surface area (TPSA) is 40.5 Å². The van der Waals surface area contributed by atoms with Gasteiger partial charge in [0.2, 0.25) is 0 Å². The number of aldehydes is 1. The van der Waals surface area contributed by atoms with E-state index in [9.17, 15) is 0 Å². The maximum absolute atomic E-state index is 8.97. The third-order valence-corrected chi connectivity index (χ3v) is 3.42. The molecule has 0 aromatic heterocycles. The summed E-state index contributed by atoms with van der Waals surface area (Å²) in [5, 5.41) is 8.97. The number of hydrogen-bond acceptors (Lipinski definition) is 4. The fourth-order valence-corrected chi connectivity index (χ4v) is 2.25. The van der Waals surface area contributed by atoms with Gasteiger partial charge in [-0.25, -0.2) is 4.31 Å². The largest absolute Gasteiger partial charge is 0.392 e. The van der Waals surface area contributed by atoms with E-state index in [2.05, 4.69) is 25.5 Å². The predicted octanol–water partition coefficient (Wildman–Crippen LogP) is 1.26. The van der Waals surface area contributed by atoms with Gasteiger partial charge >= 0.3 is 0 Å². The first kappa shape index (κ1) is 11.7. The Morgan fingerprint density at radius 2 is 2.36 bits per heavy atom. The van der Waals surface area contributed by atoms with Crippen molar-refractivity contribution in [1.29, 1.82) is 0 Å². The molecule has 66 valence electrons. The summed E-state index contributed by atoms with van der Waals surface area (Å²) in [5.41, 5.74) is 0. The zero-order valence-electron chi connectivity index (χ0n) is 6.36. The van der Waals surface area contributed by atoms with Crippen molar-refractivity contribution in [3.63, 3.8) is 0 Å². The van der Waals surface area contributed by atoms with Gasteiger partial charge in [-0.15, -0.1) is 0 Å². The van der Waals surface area contributed by atoms with E-state index >= 15 is 0 Å². The average molecular weight is 289 g/mol. The molecule has 1 heterocycles. The molecule has 0 aliphatic carbocycles. The van der Waals surface area contributed by atoms with Gasteiger partial charge in [0.1, 0.15) is 6.29 Å². The monoisotopic (exact) mass is 289 g/mol. The molecule has 0 spiro atoms. The molecular formula is C6H12INO2S. The Hall–Kier alpha value is 0.670. The Labute approximate surface area is 83.2 Å². The molecule has 0 amide bonds. The summed E-state index contributed by atoms with van der Waals surface area (Å²) in [6, 6.07) is 0. The van der Waals surface area contributed by atoms with Crippen LogP contribution in [0.4, 0.5) is 0 Å². The van der Waals surface area contributed by atoms with Crippen molar-refractivity contribution in [2.75, 3.05) is 13.1 Å². The normalized spacial score (nSPS) is 24.1. The second-order valence-corrected chi connectivity index (χ2v) is 3.97. The molecule has 1 N–H and O–H groups in total. The number of nitrogens with zero attached hydrogens (tertiary/aromatic N) is 1. The maximum Gasteiger partial charge on any atom is 0.116 e. The molecule has 0 bridgehead atoms. The van der Waals surface area contributed by atoms with Crippen LogP contribution in [0.25, 0.3) is 0 Å². The summed E-state index contributed by atoms with van der Waals surface area (Å²) < 4.78 is 2.16. The lowest BCUT2D eigenvalue weighted by molar-refractivity contribution is -0.106. The summed E-state index contributed by atoms with van der Waals surface area (Å²) in [5.74, 6) is 0. The molecule has 0 aromatic carbocycles. The van der Waals surface area contributed by atoms with Crippen molar-refractivity contribution in [1.82, 2.24) is 4.31 Å². The fraction of sp³-hybridized carbons (Fsp3) is 0.833. The number of rotatable bonds is 1. The molecule has 1 fully saturated rings. The van der Waals surface area contributed by atoms with E-state index in [0.717, 1.165) is 25.8 Å². The van der Waals surface area contributed by atoms with Crippen molar-refractivity contribution in [2.24, 2.45) is 0 Å². The van der Waals surface area contributed by atoms with Crippen molar-refractivity contribution >= 4 is 36.6 Å². The Morgan fingerprint density at radius 3 is 2.55 bits per heavy atom. The predicted molar refractivity (Wildman–Crippen MR) is 55.5 cm³/mol. The summed E-state index contributed by atoms with van der Waals surface area (Å²) in [4.78, 5) is 8.81. The number of aliphatic hydroxyl groups is 1. The summed E-state index contributed by atoms with van der Waals surface area (Å²) >= 11 is 2.23. The Kier molecular flexibility index (Phi) is 7.77. The van der Waals surface area contributed by atoms with Crippen LogP contribution in [0.15, 0.2) is 0 Å². The minimum absolute atomic E-state index is 0.0720. The molecule has 5 heteroatoms. The van der Waals surface area contributed by atoms with Crippen LogP contribution >= 0.6 is 30.3 Å². The molecule has 1 unspecified atom stereocenters. The molecule has 0 aromatic rings. The first-order chi connectivity index (χ1) is 5.24. The molecule has 3 nitrogen and oxygen atoms in total. The third-order valence-electron chi connectivity index (χ3n) is 1.22. The van der Waals surface area contributed by atoms with Gasteiger partial charge < -0.3 is 9.90 Å². The van der Waals surface area contributed by atoms with Crippen LogP contribution in [0.1, 0.15) is 13.3 Å². The first-order valence-electron chi connectivity index (χ1n) is 3.36. The minimum Gasteiger partial charge on any atom is -0.392 e. The van der Waals surface area contributed by atoms with E-state index in [1.807, 2.05) is 0 Å². The summed E-state index contributed by atoms with van der Waals surface area (Å²) in [6.45, 7) is 3.32. The lowest BCUT2D eigenvalue weighted by Gasteiger charge is -2.06. The first-order valence-corrected chi connectivity index (χ1v) is 6.67. The quantitative estimate of drug-likeness (QED) is 0.448. The zero-order chi connectivity index (χ0) is 8.69. The molecule has 1 aliphatic heterocycles. The van der Waals surface area contributed by atoms with Gasteiger partial charge in [0.25, 0.3) is 0 Å². The van der Waals surface area contributed by atoms with Gasteiger partial charge in [0.05, 0.1) is 6.10 Å². The van der Waals surface area contributed by atoms with Crippen LogP contribution in [0.3, 0.4) is 0 Å². The van der Waals surface area contributed by atoms with Crippen LogP contribution in [0.5, 0.6) is 0 Å². The van der Waals surface area contributed by atoms with Gasteiger partial charge in [-0.1, -0.05) is 0 Å². The molecule has 0 saturated carbocycles. The average Bonchev–Trinajstić information content (AvgIpc) is 2.37. The van der Waals surface area contributed by atoms with Gasteiger partial charge in [0.15, 0.2) is 0 Å². The summed E-state index contributed by atoms with van der Waals surface area (Å²) in [7, 11) is 1.68. The number of carbonyl (C=O) groups is 1. The van der Waals surface area contributed by atoms with Crippen LogP contribution in [0, 0.1) is 0 Å². The SMILES string of the molecule is CC=O.OC1CCN(SI)C1. The smallest absolute Gasteiger partial charge is 0.116 e. The number of aliphatic hydroxyl groups excluding tert-OH is 1. The highest BCUT2D eigenvalue weighted by atomic mass is 127. The molecule has 1 atom stereocenters. The standard InChI is InChI=1S/C4H8INOS.C2H4O/c5-8-6-2-1-4(7)3-6;1-2-3/h4,7H,1-3H2;2H,1H3. The van der Waals surface area contributed by atoms with Gasteiger partial charge in [-0.2, -0.15) is 0 Å². The summed E-state index contributed by atoms with van der Waals surface area (Å²) in [6.07, 6.45) is 1.62. The van der Waals surface area contributed by atoms with E-state index < -0.39 is 0 Å². The highest BCUT2D eigenvalue weighted by molar-refractivity contribution is 14.2. The van der Waals surface area contributed by atoms with E-state index in [4.69, 9.17) is 9.90 Å². The van der Waals surface area contributed by atoms with E-state index in [1.165, 1.54) is 6.92 Å². The van der Waals surface area contributed by atoms with Crippen molar-refractivity contribution in [3.8, 4) is 0 Å². The zero-order valence-corrected chi connectivity index (χ0v) is 9.34. The maximum atomic E-state index is 8.97. The second-order valence-electron chi connectivity index (χ2n) is 2.14. The number of carbonyl (C=O) groups excluding carboxylic acids is 1. The lowest BCUT2D eigenvalue weighted by Crippen LogP contribution is -2.12. The number of hydrogen-bond donors (Lipinski definition) is 1. The number of β-amino-alcohol motifs (C(OH)–C–C–N with tert-alkyl or cyclic N) is 1. The van der Waals surface area contributed by atoms with Gasteiger partial charge in [-0.05, 0) is 22.5 Å². The highest BCUT2D eigenvalue weighted by Crippen LogP contribution is 2.23. The Morgan fingerprint density at radius 1 is 1.82 bits per heavy atom. The van der Waals surface area contributed by atoms with Crippen LogP contribution < -0.4 is 0 Å². The van der Waals surface area contributed by atoms with Gasteiger partial charge in [0, 0.05) is 34.3 Å². The fourth-order valence-electron chi connectivity index (χ4n) is 0.773. The molecule has 1 aliphatic rings. The molecular weight excluding hydrogens is 277 g/mol. The highest BCUT2D eigenvalue weighted by Gasteiger charge is 2.18. The lowest BCUT2D eigenvalue weighted by atomic mass is 10.3. The van der Waals surface area contributed by atoms with Gasteiger partial charge in [-0.3, -0.25) is 0 Å². The molecule has 11 heavy (non-hydrogen) atoms. The van der Waals surface area contributed by atoms with Crippen molar-refractivity contribution in [3.05, 3.63) is 0 Å². The van der Waals surface area contributed by atoms with E-state index in [-0.39, 0.29) is 6.10 Å². The molecule has 0 radical (unpaired) electrons. The Balaban J connectivity index is 0.000000292. The van der Waals surface area contributed by atoms with E-state index in [0.29, 0.717) is 0 Å². The van der Waals surface area contributed by atoms with Crippen molar-refractivity contribution in [2.45, 2.75) is 19.4 Å². The second kappa shape index (κ2) is 7.33. The molecule has 1 rings (SSSR count). The van der Waals surface area contributed by atoms with Crippen LogP contribution in [-0.4, -0.2) is 34.9 Å². The van der Waals surface area contributed by atoms with Crippen molar-refractivity contribution < 1.29 is 9.90 Å².